The summed E-state index contributed by atoms with van der Waals surface area (Å²) in [5.41, 5.74) is 0.220. The molecule has 0 N–H and O–H groups in total. The molecule has 0 saturated carbocycles. The molecular weight excluding hydrogens is 253 g/mol. The quantitative estimate of drug-likeness (QED) is 0.628. The van der Waals surface area contributed by atoms with Gasteiger partial charge in [0.15, 0.2) is 0 Å². The molecule has 0 aromatic carbocycles. The van der Waals surface area contributed by atoms with Crippen LogP contribution in [0.1, 0.15) is 41.5 Å². The summed E-state index contributed by atoms with van der Waals surface area (Å²) in [4.78, 5) is 4.28. The van der Waals surface area contributed by atoms with E-state index in [1.165, 1.54) is 0 Å². The van der Waals surface area contributed by atoms with Crippen molar-refractivity contribution in [2.45, 2.75) is 52.7 Å². The van der Waals surface area contributed by atoms with Crippen LogP contribution in [-0.2, 0) is 9.31 Å². The smallest absolute Gasteiger partial charge is 0.444 e. The zero-order valence-electron chi connectivity index (χ0n) is 13.1. The number of ether oxygens (including phenoxy) is 1. The Balaban J connectivity index is 2.12. The molecule has 0 radical (unpaired) electrons. The number of rotatable bonds is 3. The molecule has 0 amide bonds. The van der Waals surface area contributed by atoms with E-state index in [4.69, 9.17) is 14.0 Å². The maximum Gasteiger partial charge on any atom is 0.496 e. The lowest BCUT2D eigenvalue weighted by molar-refractivity contribution is 0.00578. The van der Waals surface area contributed by atoms with Gasteiger partial charge in [-0.15, -0.1) is 0 Å². The largest absolute Gasteiger partial charge is 0.496 e. The Kier molecular flexibility index (Phi) is 3.94. The Morgan fingerprint density at radius 2 is 1.80 bits per heavy atom. The van der Waals surface area contributed by atoms with E-state index in [9.17, 15) is 0 Å². The zero-order chi connectivity index (χ0) is 15.0. The molecule has 0 bridgehead atoms. The molecule has 20 heavy (non-hydrogen) atoms. The lowest BCUT2D eigenvalue weighted by Gasteiger charge is -2.32. The van der Waals surface area contributed by atoms with Gasteiger partial charge in [0.25, 0.3) is 0 Å². The predicted octanol–water partition coefficient (Wildman–Crippen LogP) is 2.68. The molecule has 0 spiro atoms. The van der Waals surface area contributed by atoms with E-state index in [0.717, 1.165) is 11.2 Å². The van der Waals surface area contributed by atoms with Gasteiger partial charge in [-0.25, -0.2) is 4.98 Å². The number of hydrogen-bond acceptors (Lipinski definition) is 4. The second-order valence-corrected chi connectivity index (χ2v) is 6.02. The van der Waals surface area contributed by atoms with Crippen molar-refractivity contribution in [2.75, 3.05) is 0 Å². The molecule has 1 aromatic rings. The van der Waals surface area contributed by atoms with E-state index < -0.39 is 0 Å². The Morgan fingerprint density at radius 1 is 1.20 bits per heavy atom. The van der Waals surface area contributed by atoms with Crippen molar-refractivity contribution in [3.63, 3.8) is 0 Å². The van der Waals surface area contributed by atoms with Crippen LogP contribution >= 0.6 is 0 Å². The van der Waals surface area contributed by atoms with E-state index in [1.54, 1.807) is 6.20 Å². The number of aromatic nitrogens is 1. The average Bonchev–Trinajstić information content (AvgIpc) is 2.59. The van der Waals surface area contributed by atoms with Crippen molar-refractivity contribution in [2.24, 2.45) is 0 Å². The SMILES string of the molecule is C/C=C(/C)Oc1ccc(B2OC(C)(C)C(C)(C)O2)cn1. The molecule has 1 saturated heterocycles. The molecule has 1 aromatic heterocycles. The summed E-state index contributed by atoms with van der Waals surface area (Å²) in [5.74, 6) is 1.39. The highest BCUT2D eigenvalue weighted by Crippen LogP contribution is 2.36. The van der Waals surface area contributed by atoms with Crippen LogP contribution in [0.2, 0.25) is 0 Å². The highest BCUT2D eigenvalue weighted by molar-refractivity contribution is 6.62. The summed E-state index contributed by atoms with van der Waals surface area (Å²) in [6.07, 6.45) is 3.63. The number of hydrogen-bond donors (Lipinski definition) is 0. The zero-order valence-corrected chi connectivity index (χ0v) is 13.1. The first-order chi connectivity index (χ1) is 9.25. The predicted molar refractivity (Wildman–Crippen MR) is 80.0 cm³/mol. The summed E-state index contributed by atoms with van der Waals surface area (Å²) in [7, 11) is -0.385. The van der Waals surface area contributed by atoms with Crippen molar-refractivity contribution >= 4 is 12.6 Å². The normalized spacial score (nSPS) is 21.1. The third-order valence-corrected chi connectivity index (χ3v) is 3.96. The first-order valence-corrected chi connectivity index (χ1v) is 6.87. The molecule has 0 atom stereocenters. The lowest BCUT2D eigenvalue weighted by atomic mass is 9.80. The minimum Gasteiger partial charge on any atom is -0.444 e. The summed E-state index contributed by atoms with van der Waals surface area (Å²) in [5, 5.41) is 0. The van der Waals surface area contributed by atoms with Gasteiger partial charge in [-0.1, -0.05) is 6.07 Å². The van der Waals surface area contributed by atoms with Gasteiger partial charge in [-0.2, -0.15) is 0 Å². The third kappa shape index (κ3) is 2.89. The van der Waals surface area contributed by atoms with E-state index in [1.807, 2.05) is 59.8 Å². The third-order valence-electron chi connectivity index (χ3n) is 3.96. The Morgan fingerprint density at radius 3 is 2.25 bits per heavy atom. The minimum absolute atomic E-state index is 0.339. The van der Waals surface area contributed by atoms with Crippen molar-refractivity contribution in [3.8, 4) is 5.88 Å². The van der Waals surface area contributed by atoms with Gasteiger partial charge in [0, 0.05) is 17.7 Å². The van der Waals surface area contributed by atoms with Gasteiger partial charge in [0.1, 0.15) is 0 Å². The molecule has 4 nitrogen and oxygen atoms in total. The van der Waals surface area contributed by atoms with E-state index in [2.05, 4.69) is 4.98 Å². The van der Waals surface area contributed by atoms with Crippen molar-refractivity contribution < 1.29 is 14.0 Å². The van der Waals surface area contributed by atoms with E-state index in [-0.39, 0.29) is 18.3 Å². The van der Waals surface area contributed by atoms with Crippen LogP contribution in [-0.4, -0.2) is 23.3 Å². The van der Waals surface area contributed by atoms with Crippen LogP contribution in [0, 0.1) is 0 Å². The highest BCUT2D eigenvalue weighted by atomic mass is 16.7. The van der Waals surface area contributed by atoms with E-state index >= 15 is 0 Å². The van der Waals surface area contributed by atoms with Crippen LogP contribution in [0.3, 0.4) is 0 Å². The molecule has 2 rings (SSSR count). The maximum absolute atomic E-state index is 5.98. The Labute approximate surface area is 121 Å². The van der Waals surface area contributed by atoms with Gasteiger partial charge in [0.05, 0.1) is 17.0 Å². The second kappa shape index (κ2) is 5.22. The van der Waals surface area contributed by atoms with Crippen LogP contribution in [0.15, 0.2) is 30.2 Å². The molecule has 5 heteroatoms. The highest BCUT2D eigenvalue weighted by Gasteiger charge is 2.51. The number of pyridine rings is 1. The first kappa shape index (κ1) is 15.1. The van der Waals surface area contributed by atoms with Gasteiger partial charge >= 0.3 is 7.12 Å². The van der Waals surface area contributed by atoms with Crippen LogP contribution in [0.5, 0.6) is 5.88 Å². The molecule has 0 aliphatic carbocycles. The van der Waals surface area contributed by atoms with Gasteiger partial charge < -0.3 is 14.0 Å². The summed E-state index contributed by atoms with van der Waals surface area (Å²) in [6.45, 7) is 12.0. The first-order valence-electron chi connectivity index (χ1n) is 6.87. The van der Waals surface area contributed by atoms with Crippen molar-refractivity contribution in [3.05, 3.63) is 30.2 Å². The molecule has 1 aliphatic rings. The molecule has 1 fully saturated rings. The fourth-order valence-electron chi connectivity index (χ4n) is 1.79. The van der Waals surface area contributed by atoms with Gasteiger partial charge in [-0.05, 0) is 47.6 Å². The van der Waals surface area contributed by atoms with Crippen LogP contribution in [0.4, 0.5) is 0 Å². The fourth-order valence-corrected chi connectivity index (χ4v) is 1.79. The van der Waals surface area contributed by atoms with Crippen molar-refractivity contribution in [1.29, 1.82) is 0 Å². The van der Waals surface area contributed by atoms with Gasteiger partial charge in [-0.3, -0.25) is 0 Å². The van der Waals surface area contributed by atoms with E-state index in [0.29, 0.717) is 5.88 Å². The lowest BCUT2D eigenvalue weighted by Crippen LogP contribution is -2.41. The number of nitrogens with zero attached hydrogens (tertiary/aromatic N) is 1. The Hall–Kier alpha value is -1.33. The summed E-state index contributed by atoms with van der Waals surface area (Å²) < 4.78 is 17.5. The van der Waals surface area contributed by atoms with Gasteiger partial charge in [0.2, 0.25) is 5.88 Å². The molecule has 1 aliphatic heterocycles. The molecular formula is C15H22BNO3. The number of allylic oxidation sites excluding steroid dienone is 2. The molecule has 2 heterocycles. The second-order valence-electron chi connectivity index (χ2n) is 6.02. The fraction of sp³-hybridized carbons (Fsp3) is 0.533. The van der Waals surface area contributed by atoms with Crippen LogP contribution in [0.25, 0.3) is 0 Å². The molecule has 0 unspecified atom stereocenters. The topological polar surface area (TPSA) is 40.6 Å². The maximum atomic E-state index is 5.98. The average molecular weight is 275 g/mol. The Bertz CT molecular complexity index is 492. The monoisotopic (exact) mass is 275 g/mol. The molecule has 108 valence electrons. The summed E-state index contributed by atoms with van der Waals surface area (Å²) >= 11 is 0. The van der Waals surface area contributed by atoms with Crippen LogP contribution < -0.4 is 10.2 Å². The minimum atomic E-state index is -0.385. The van der Waals surface area contributed by atoms with Crippen molar-refractivity contribution in [1.82, 2.24) is 4.98 Å². The summed E-state index contributed by atoms with van der Waals surface area (Å²) in [6, 6.07) is 3.75. The standard InChI is InChI=1S/C15H22BNO3/c1-7-11(2)18-13-9-8-12(10-17-13)16-19-14(3,4)15(5,6)20-16/h7-10H,1-6H3/b11-7-.